The molecule has 2 aromatic rings. The Morgan fingerprint density at radius 1 is 1.39 bits per heavy atom. The number of aromatic nitrogens is 4. The molecule has 0 saturated carbocycles. The third kappa shape index (κ3) is 4.50. The van der Waals surface area contributed by atoms with Gasteiger partial charge in [-0.3, -0.25) is 4.57 Å². The Bertz CT molecular complexity index is 823. The molecule has 13 heteroatoms. The minimum Gasteiger partial charge on any atom is -0.548 e. The quantitative estimate of drug-likeness (QED) is 0.326. The lowest BCUT2D eigenvalue weighted by Gasteiger charge is -2.16. The van der Waals surface area contributed by atoms with Gasteiger partial charge in [-0.1, -0.05) is 0 Å². The number of nitrogen functional groups attached to an aromatic ring is 1. The van der Waals surface area contributed by atoms with Crippen LogP contribution in [-0.2, 0) is 20.4 Å². The molecule has 0 bridgehead atoms. The summed E-state index contributed by atoms with van der Waals surface area (Å²) in [5.74, 6) is -0.0611. The Morgan fingerprint density at radius 2 is 2.11 bits per heavy atom. The average Bonchev–Trinajstić information content (AvgIpc) is 3.17. The second kappa shape index (κ2) is 9.24. The van der Waals surface area contributed by atoms with E-state index >= 15 is 0 Å². The van der Waals surface area contributed by atoms with Gasteiger partial charge in [0.1, 0.15) is 41.7 Å². The summed E-state index contributed by atoms with van der Waals surface area (Å²) in [6, 6.07) is -1.02. The molecule has 28 heavy (non-hydrogen) atoms. The molecule has 2 aromatic heterocycles. The fourth-order valence-electron chi connectivity index (χ4n) is 2.96. The Hall–Kier alpha value is -1.64. The van der Waals surface area contributed by atoms with Crippen LogP contribution in [0.5, 0.6) is 0 Å². The van der Waals surface area contributed by atoms with E-state index in [1.54, 1.807) is 0 Å². The molecule has 1 saturated heterocycles. The van der Waals surface area contributed by atoms with Crippen molar-refractivity contribution in [1.29, 1.82) is 0 Å². The molecule has 0 aliphatic carbocycles. The monoisotopic (exact) mass is 432 g/mol. The molecule has 3 rings (SSSR count). The number of anilines is 1. The van der Waals surface area contributed by atoms with Crippen molar-refractivity contribution in [2.45, 2.75) is 37.0 Å². The zero-order valence-corrected chi connectivity index (χ0v) is 17.0. The van der Waals surface area contributed by atoms with Gasteiger partial charge < -0.3 is 36.3 Å². The number of ether oxygens (including phenoxy) is 1. The first-order valence-electron chi connectivity index (χ1n) is 8.29. The van der Waals surface area contributed by atoms with Crippen molar-refractivity contribution in [3.8, 4) is 0 Å². The average molecular weight is 433 g/mol. The van der Waals surface area contributed by atoms with Crippen molar-refractivity contribution in [2.24, 2.45) is 5.73 Å². The van der Waals surface area contributed by atoms with Gasteiger partial charge in [0.2, 0.25) is 0 Å². The number of carbonyl (C=O) groups excluding carboxylic acids is 1. The first-order chi connectivity index (χ1) is 12.8. The second-order valence-corrected chi connectivity index (χ2v) is 8.80. The van der Waals surface area contributed by atoms with E-state index in [0.29, 0.717) is 22.7 Å². The van der Waals surface area contributed by atoms with Gasteiger partial charge in [-0.15, -0.1) is 0 Å². The van der Waals surface area contributed by atoms with Gasteiger partial charge in [0, 0.05) is 12.5 Å². The molecule has 3 heterocycles. The van der Waals surface area contributed by atoms with Crippen LogP contribution in [0.15, 0.2) is 12.7 Å². The first kappa shape index (κ1) is 22.6. The lowest BCUT2D eigenvalue weighted by molar-refractivity contribution is -0.307. The minimum atomic E-state index is -1.28. The van der Waals surface area contributed by atoms with Gasteiger partial charge >= 0.3 is 0 Å². The van der Waals surface area contributed by atoms with Crippen molar-refractivity contribution in [3.05, 3.63) is 12.7 Å². The van der Waals surface area contributed by atoms with E-state index in [9.17, 15) is 20.1 Å². The van der Waals surface area contributed by atoms with Crippen LogP contribution < -0.4 is 16.6 Å². The molecule has 1 aliphatic rings. The van der Waals surface area contributed by atoms with Gasteiger partial charge in [0.15, 0.2) is 17.7 Å². The summed E-state index contributed by atoms with van der Waals surface area (Å²) in [5.41, 5.74) is 12.0. The summed E-state index contributed by atoms with van der Waals surface area (Å²) in [7, 11) is -0.263. The summed E-state index contributed by atoms with van der Waals surface area (Å²) in [5, 5.41) is 31.5. The van der Waals surface area contributed by atoms with Crippen LogP contribution in [0.3, 0.4) is 0 Å². The fourth-order valence-corrected chi connectivity index (χ4v) is 4.62. The number of aliphatic carboxylic acids is 1. The normalized spacial score (nSPS) is 26.7. The standard InChI is InChI=1S/C15H22N6O5S.H2S/c1-27(3-2-7(16)15(24)25)4-8-10(22)11(23)14(26-8)21-6-20-9-12(17)18-5-19-13(9)21;/h5-8,10-11,14,22-23H,2-4,16H2,1H3,(H2-,17,18,19,24,25);1H2/t7-,8+,10+,11+,14+,27?;/m0./s1. The van der Waals surface area contributed by atoms with E-state index < -0.39 is 36.6 Å². The predicted molar refractivity (Wildman–Crippen MR) is 107 cm³/mol. The molecule has 156 valence electrons. The Balaban J connectivity index is 0.00000280. The Labute approximate surface area is 170 Å². The lowest BCUT2D eigenvalue weighted by atomic mass is 10.1. The number of carbonyl (C=O) groups is 1. The number of imidazole rings is 1. The number of rotatable bonds is 7. The van der Waals surface area contributed by atoms with Crippen LogP contribution >= 0.6 is 13.5 Å². The molecular formula is C15H24N6O5S2. The van der Waals surface area contributed by atoms with Crippen LogP contribution in [0.25, 0.3) is 11.2 Å². The molecular weight excluding hydrogens is 408 g/mol. The van der Waals surface area contributed by atoms with Gasteiger partial charge in [0.25, 0.3) is 0 Å². The zero-order chi connectivity index (χ0) is 19.7. The summed E-state index contributed by atoms with van der Waals surface area (Å²) < 4.78 is 7.39. The van der Waals surface area contributed by atoms with Crippen molar-refractivity contribution in [2.75, 3.05) is 23.5 Å². The largest absolute Gasteiger partial charge is 0.548 e. The minimum absolute atomic E-state index is 0. The van der Waals surface area contributed by atoms with Crippen molar-refractivity contribution >= 4 is 47.3 Å². The topological polar surface area (TPSA) is 185 Å². The highest BCUT2D eigenvalue weighted by Crippen LogP contribution is 2.32. The van der Waals surface area contributed by atoms with E-state index in [1.807, 2.05) is 6.26 Å². The highest BCUT2D eigenvalue weighted by Gasteiger charge is 2.46. The van der Waals surface area contributed by atoms with Crippen molar-refractivity contribution in [3.63, 3.8) is 0 Å². The highest BCUT2D eigenvalue weighted by molar-refractivity contribution is 7.96. The number of nitrogens with two attached hydrogens (primary N) is 2. The fraction of sp³-hybridized carbons (Fsp3) is 0.600. The Kier molecular flexibility index (Phi) is 7.47. The molecule has 1 fully saturated rings. The van der Waals surface area contributed by atoms with E-state index in [-0.39, 0.29) is 36.6 Å². The van der Waals surface area contributed by atoms with E-state index in [0.717, 1.165) is 0 Å². The summed E-state index contributed by atoms with van der Waals surface area (Å²) in [6.07, 6.45) is 1.17. The highest BCUT2D eigenvalue weighted by atomic mass is 32.2. The summed E-state index contributed by atoms with van der Waals surface area (Å²) in [4.78, 5) is 22.8. The maximum Gasteiger partial charge on any atom is 0.167 e. The maximum atomic E-state index is 10.7. The van der Waals surface area contributed by atoms with Gasteiger partial charge in [-0.2, -0.15) is 13.5 Å². The number of fused-ring (bicyclic) bond motifs is 1. The molecule has 0 radical (unpaired) electrons. The van der Waals surface area contributed by atoms with Crippen molar-refractivity contribution < 1.29 is 24.9 Å². The van der Waals surface area contributed by atoms with E-state index in [1.165, 1.54) is 17.2 Å². The van der Waals surface area contributed by atoms with E-state index in [2.05, 4.69) is 15.0 Å². The third-order valence-electron chi connectivity index (χ3n) is 4.53. The van der Waals surface area contributed by atoms with Gasteiger partial charge in [-0.25, -0.2) is 15.0 Å². The molecule has 6 atom stereocenters. The van der Waals surface area contributed by atoms with Crippen LogP contribution in [0.1, 0.15) is 12.6 Å². The van der Waals surface area contributed by atoms with Crippen LogP contribution in [0, 0.1) is 0 Å². The number of carboxylic acids is 1. The number of aliphatic hydroxyl groups is 2. The summed E-state index contributed by atoms with van der Waals surface area (Å²) >= 11 is 0. The van der Waals surface area contributed by atoms with Gasteiger partial charge in [-0.05, 0) is 10.9 Å². The van der Waals surface area contributed by atoms with Crippen LogP contribution in [-0.4, -0.2) is 77.8 Å². The smallest absolute Gasteiger partial charge is 0.167 e. The molecule has 11 nitrogen and oxygen atoms in total. The molecule has 0 amide bonds. The van der Waals surface area contributed by atoms with Crippen LogP contribution in [0.2, 0.25) is 0 Å². The lowest BCUT2D eigenvalue weighted by Crippen LogP contribution is -2.43. The predicted octanol–water partition coefficient (Wildman–Crippen LogP) is -3.14. The summed E-state index contributed by atoms with van der Waals surface area (Å²) in [6.45, 7) is 0. The number of nitrogens with zero attached hydrogens (tertiary/aromatic N) is 4. The van der Waals surface area contributed by atoms with Crippen LogP contribution in [0.4, 0.5) is 5.82 Å². The van der Waals surface area contributed by atoms with E-state index in [4.69, 9.17) is 16.2 Å². The number of aliphatic hydroxyl groups excluding tert-OH is 2. The molecule has 1 unspecified atom stereocenters. The zero-order valence-electron chi connectivity index (χ0n) is 15.1. The first-order valence-corrected chi connectivity index (χ1v) is 10.3. The second-order valence-electron chi connectivity index (χ2n) is 6.50. The number of carboxylic acid groups (broad SMARTS) is 1. The molecule has 0 aromatic carbocycles. The van der Waals surface area contributed by atoms with Gasteiger partial charge in [0.05, 0.1) is 18.6 Å². The molecule has 6 N–H and O–H groups in total. The Morgan fingerprint density at radius 3 is 2.79 bits per heavy atom. The maximum absolute atomic E-state index is 10.7. The van der Waals surface area contributed by atoms with Crippen molar-refractivity contribution in [1.82, 2.24) is 19.5 Å². The third-order valence-corrected chi connectivity index (χ3v) is 6.36. The number of hydrogen-bond donors (Lipinski definition) is 4. The molecule has 0 spiro atoms. The number of hydrogen-bond acceptors (Lipinski definition) is 10. The molecule has 1 aliphatic heterocycles. The SMILES string of the molecule is C[S+](CC[C@H](N)C(=O)[O-])C[C@H]1O[C@@H](n2cnc3c(N)ncnc32)[C@H](O)[C@@H]1O.S.